The van der Waals surface area contributed by atoms with E-state index in [0.29, 0.717) is 5.41 Å². The Bertz CT molecular complexity index is 134. The molecule has 0 N–H and O–H groups in total. The summed E-state index contributed by atoms with van der Waals surface area (Å²) in [6.07, 6.45) is 2.68. The van der Waals surface area contributed by atoms with Crippen molar-refractivity contribution in [1.29, 1.82) is 0 Å². The summed E-state index contributed by atoms with van der Waals surface area (Å²) in [5.41, 5.74) is 0.619. The van der Waals surface area contributed by atoms with E-state index < -0.39 is 0 Å². The van der Waals surface area contributed by atoms with Gasteiger partial charge in [0.25, 0.3) is 0 Å². The summed E-state index contributed by atoms with van der Waals surface area (Å²) in [6.45, 7) is 8.20. The molecule has 11 heavy (non-hydrogen) atoms. The topological polar surface area (TPSA) is 12.5 Å². The fourth-order valence-corrected chi connectivity index (χ4v) is 2.02. The second-order valence-corrected chi connectivity index (χ2v) is 4.06. The van der Waals surface area contributed by atoms with Gasteiger partial charge in [0.1, 0.15) is 0 Å². The molecule has 0 aromatic carbocycles. The molecule has 0 saturated carbocycles. The van der Waals surface area contributed by atoms with E-state index in [1.807, 2.05) is 0 Å². The lowest BCUT2D eigenvalue weighted by atomic mass is 9.78. The predicted octanol–water partition coefficient (Wildman–Crippen LogP) is 1.12. The summed E-state index contributed by atoms with van der Waals surface area (Å²) >= 11 is 0. The third-order valence-electron chi connectivity index (χ3n) is 2.76. The Balaban J connectivity index is 1.63. The zero-order valence-electron chi connectivity index (χ0n) is 7.31. The Morgan fingerprint density at radius 1 is 1.36 bits per heavy atom. The summed E-state index contributed by atoms with van der Waals surface area (Å²) in [5, 5.41) is 0. The second-order valence-electron chi connectivity index (χ2n) is 4.06. The minimum Gasteiger partial charge on any atom is -0.380 e. The van der Waals surface area contributed by atoms with Gasteiger partial charge in [0.15, 0.2) is 0 Å². The van der Waals surface area contributed by atoms with Gasteiger partial charge in [-0.1, -0.05) is 13.3 Å². The smallest absolute Gasteiger partial charge is 0.0569 e. The van der Waals surface area contributed by atoms with E-state index in [1.165, 1.54) is 32.5 Å². The molecule has 2 saturated heterocycles. The number of likely N-dealkylation sites (tertiary alicyclic amines) is 1. The molecule has 2 aliphatic rings. The molecule has 2 nitrogen and oxygen atoms in total. The first kappa shape index (κ1) is 7.56. The first-order valence-electron chi connectivity index (χ1n) is 4.65. The first-order valence-corrected chi connectivity index (χ1v) is 4.65. The quantitative estimate of drug-likeness (QED) is 0.605. The SMILES string of the molecule is CCCCN1CC2(COC2)C1. The first-order chi connectivity index (χ1) is 5.35. The van der Waals surface area contributed by atoms with Crippen LogP contribution in [0.15, 0.2) is 0 Å². The van der Waals surface area contributed by atoms with Crippen LogP contribution in [0.25, 0.3) is 0 Å². The van der Waals surface area contributed by atoms with Gasteiger partial charge in [-0.25, -0.2) is 0 Å². The van der Waals surface area contributed by atoms with Crippen LogP contribution in [0.2, 0.25) is 0 Å². The number of hydrogen-bond acceptors (Lipinski definition) is 2. The molecule has 2 rings (SSSR count). The maximum absolute atomic E-state index is 5.21. The third-order valence-corrected chi connectivity index (χ3v) is 2.76. The van der Waals surface area contributed by atoms with Gasteiger partial charge in [0, 0.05) is 18.5 Å². The van der Waals surface area contributed by atoms with Crippen molar-refractivity contribution in [1.82, 2.24) is 4.90 Å². The summed E-state index contributed by atoms with van der Waals surface area (Å²) in [4.78, 5) is 2.55. The molecule has 0 atom stereocenters. The van der Waals surface area contributed by atoms with Crippen molar-refractivity contribution < 1.29 is 4.74 Å². The Labute approximate surface area is 68.5 Å². The molecular formula is C9H17NO. The standard InChI is InChI=1S/C9H17NO/c1-2-3-4-10-5-9(6-10)7-11-8-9/h2-8H2,1H3. The number of hydrogen-bond donors (Lipinski definition) is 0. The minimum absolute atomic E-state index is 0.619. The molecule has 0 aromatic heterocycles. The van der Waals surface area contributed by atoms with Crippen molar-refractivity contribution >= 4 is 0 Å². The zero-order chi connectivity index (χ0) is 7.73. The van der Waals surface area contributed by atoms with E-state index in [2.05, 4.69) is 11.8 Å². The van der Waals surface area contributed by atoms with Crippen LogP contribution in [0, 0.1) is 5.41 Å². The molecule has 0 aromatic rings. The van der Waals surface area contributed by atoms with Crippen LogP contribution in [0.3, 0.4) is 0 Å². The van der Waals surface area contributed by atoms with E-state index >= 15 is 0 Å². The van der Waals surface area contributed by atoms with Crippen LogP contribution < -0.4 is 0 Å². The lowest BCUT2D eigenvalue weighted by Gasteiger charge is -2.55. The fourth-order valence-electron chi connectivity index (χ4n) is 2.02. The Morgan fingerprint density at radius 2 is 2.09 bits per heavy atom. The van der Waals surface area contributed by atoms with Crippen molar-refractivity contribution in [3.63, 3.8) is 0 Å². The minimum atomic E-state index is 0.619. The molecular weight excluding hydrogens is 138 g/mol. The van der Waals surface area contributed by atoms with Crippen LogP contribution in [0.5, 0.6) is 0 Å². The molecule has 2 fully saturated rings. The maximum Gasteiger partial charge on any atom is 0.0569 e. The molecule has 0 aliphatic carbocycles. The molecule has 2 heteroatoms. The summed E-state index contributed by atoms with van der Waals surface area (Å²) in [7, 11) is 0. The number of ether oxygens (including phenoxy) is 1. The number of rotatable bonds is 3. The summed E-state index contributed by atoms with van der Waals surface area (Å²) in [5.74, 6) is 0. The van der Waals surface area contributed by atoms with E-state index in [1.54, 1.807) is 0 Å². The van der Waals surface area contributed by atoms with Gasteiger partial charge in [-0.05, 0) is 13.0 Å². The van der Waals surface area contributed by atoms with E-state index in [0.717, 1.165) is 13.2 Å². The van der Waals surface area contributed by atoms with Crippen LogP contribution in [-0.4, -0.2) is 37.7 Å². The number of unbranched alkanes of at least 4 members (excludes halogenated alkanes) is 1. The van der Waals surface area contributed by atoms with Crippen LogP contribution in [-0.2, 0) is 4.74 Å². The zero-order valence-corrected chi connectivity index (χ0v) is 7.31. The van der Waals surface area contributed by atoms with Crippen molar-refractivity contribution in [3.8, 4) is 0 Å². The second kappa shape index (κ2) is 2.76. The summed E-state index contributed by atoms with van der Waals surface area (Å²) in [6, 6.07) is 0. The lowest BCUT2D eigenvalue weighted by molar-refractivity contribution is -0.188. The highest BCUT2D eigenvalue weighted by atomic mass is 16.5. The van der Waals surface area contributed by atoms with E-state index in [-0.39, 0.29) is 0 Å². The highest BCUT2D eigenvalue weighted by Gasteiger charge is 2.48. The molecule has 2 aliphatic heterocycles. The average Bonchev–Trinajstić information content (AvgIpc) is 1.81. The third kappa shape index (κ3) is 1.30. The normalized spacial score (nSPS) is 28.1. The Morgan fingerprint density at radius 3 is 2.55 bits per heavy atom. The molecule has 0 radical (unpaired) electrons. The largest absolute Gasteiger partial charge is 0.380 e. The number of nitrogens with zero attached hydrogens (tertiary/aromatic N) is 1. The summed E-state index contributed by atoms with van der Waals surface area (Å²) < 4.78 is 5.21. The molecule has 0 amide bonds. The maximum atomic E-state index is 5.21. The van der Waals surface area contributed by atoms with Gasteiger partial charge in [0.2, 0.25) is 0 Å². The van der Waals surface area contributed by atoms with Crippen LogP contribution >= 0.6 is 0 Å². The van der Waals surface area contributed by atoms with Gasteiger partial charge in [0.05, 0.1) is 13.2 Å². The van der Waals surface area contributed by atoms with Crippen LogP contribution in [0.1, 0.15) is 19.8 Å². The average molecular weight is 155 g/mol. The highest BCUT2D eigenvalue weighted by molar-refractivity contribution is 4.99. The van der Waals surface area contributed by atoms with Crippen molar-refractivity contribution in [2.45, 2.75) is 19.8 Å². The Kier molecular flexibility index (Phi) is 1.90. The predicted molar refractivity (Wildman–Crippen MR) is 44.6 cm³/mol. The molecule has 64 valence electrons. The lowest BCUT2D eigenvalue weighted by Crippen LogP contribution is -2.65. The van der Waals surface area contributed by atoms with Gasteiger partial charge in [-0.3, -0.25) is 0 Å². The molecule has 1 spiro atoms. The monoisotopic (exact) mass is 155 g/mol. The van der Waals surface area contributed by atoms with E-state index in [9.17, 15) is 0 Å². The van der Waals surface area contributed by atoms with Gasteiger partial charge < -0.3 is 9.64 Å². The Hall–Kier alpha value is -0.0800. The fraction of sp³-hybridized carbons (Fsp3) is 1.00. The molecule has 0 unspecified atom stereocenters. The highest BCUT2D eigenvalue weighted by Crippen LogP contribution is 2.37. The molecule has 2 heterocycles. The van der Waals surface area contributed by atoms with Gasteiger partial charge >= 0.3 is 0 Å². The van der Waals surface area contributed by atoms with Crippen molar-refractivity contribution in [2.24, 2.45) is 5.41 Å². The van der Waals surface area contributed by atoms with Gasteiger partial charge in [-0.2, -0.15) is 0 Å². The van der Waals surface area contributed by atoms with E-state index in [4.69, 9.17) is 4.74 Å². The van der Waals surface area contributed by atoms with Crippen LogP contribution in [0.4, 0.5) is 0 Å². The van der Waals surface area contributed by atoms with Gasteiger partial charge in [-0.15, -0.1) is 0 Å². The van der Waals surface area contributed by atoms with Crippen molar-refractivity contribution in [2.75, 3.05) is 32.8 Å². The van der Waals surface area contributed by atoms with Crippen molar-refractivity contribution in [3.05, 3.63) is 0 Å². The molecule has 0 bridgehead atoms.